The fourth-order valence-corrected chi connectivity index (χ4v) is 3.50. The van der Waals surface area contributed by atoms with Crippen molar-refractivity contribution in [3.05, 3.63) is 65.2 Å². The molecule has 0 aliphatic carbocycles. The Morgan fingerprint density at radius 3 is 2.39 bits per heavy atom. The van der Waals surface area contributed by atoms with E-state index < -0.39 is 11.9 Å². The number of hydrogen-bond acceptors (Lipinski definition) is 5. The summed E-state index contributed by atoms with van der Waals surface area (Å²) in [5.41, 5.74) is 2.13. The third-order valence-corrected chi connectivity index (χ3v) is 5.19. The molecule has 2 aromatic carbocycles. The van der Waals surface area contributed by atoms with Crippen LogP contribution in [0.25, 0.3) is 0 Å². The second-order valence-corrected chi connectivity index (χ2v) is 7.36. The van der Waals surface area contributed by atoms with Crippen LogP contribution in [0.4, 0.5) is 5.69 Å². The van der Waals surface area contributed by atoms with E-state index in [9.17, 15) is 19.5 Å². The molecule has 0 aliphatic rings. The molecule has 0 aliphatic heterocycles. The van der Waals surface area contributed by atoms with E-state index in [1.165, 1.54) is 12.1 Å². The van der Waals surface area contributed by atoms with Gasteiger partial charge in [-0.2, -0.15) is 0 Å². The standard InChI is InChI=1S/C21H23NO4S.Na/c1-3-19(23)27-13-17(11-15-7-5-4-6-8-15)20(24)22-18-10-14(2)9-16(12-18)21(25)26;/h4-10,12,17H,3,11,13H2,1-2H3,(H,22,24)(H,25,26);/q;+1/p-1. The molecule has 0 radical (unpaired) electrons. The Hall–Kier alpha value is -1.60. The number of nitrogens with one attached hydrogen (secondary N) is 1. The maximum Gasteiger partial charge on any atom is 1.00 e. The van der Waals surface area contributed by atoms with Gasteiger partial charge < -0.3 is 15.2 Å². The van der Waals surface area contributed by atoms with Gasteiger partial charge in [-0.1, -0.05) is 55.1 Å². The first kappa shape index (κ1) is 24.4. The van der Waals surface area contributed by atoms with Crippen molar-refractivity contribution in [1.29, 1.82) is 0 Å². The molecular formula is C21H22NNaO4S. The Morgan fingerprint density at radius 1 is 1.11 bits per heavy atom. The summed E-state index contributed by atoms with van der Waals surface area (Å²) in [6.45, 7) is 3.54. The predicted molar refractivity (Wildman–Crippen MR) is 106 cm³/mol. The smallest absolute Gasteiger partial charge is 0.545 e. The molecule has 28 heavy (non-hydrogen) atoms. The first-order valence-corrected chi connectivity index (χ1v) is 9.71. The second-order valence-electron chi connectivity index (χ2n) is 6.29. The zero-order valence-electron chi connectivity index (χ0n) is 16.4. The minimum absolute atomic E-state index is 0. The van der Waals surface area contributed by atoms with E-state index in [0.29, 0.717) is 29.8 Å². The summed E-state index contributed by atoms with van der Waals surface area (Å²) >= 11 is 1.15. The van der Waals surface area contributed by atoms with Gasteiger partial charge in [0.1, 0.15) is 0 Å². The summed E-state index contributed by atoms with van der Waals surface area (Å²) < 4.78 is 0. The molecule has 1 atom stereocenters. The summed E-state index contributed by atoms with van der Waals surface area (Å²) in [6, 6.07) is 14.2. The molecule has 0 spiro atoms. The maximum absolute atomic E-state index is 12.8. The molecule has 2 aromatic rings. The van der Waals surface area contributed by atoms with Crippen LogP contribution in [0.5, 0.6) is 0 Å². The van der Waals surface area contributed by atoms with Crippen LogP contribution >= 0.6 is 11.8 Å². The van der Waals surface area contributed by atoms with Crippen molar-refractivity contribution in [3.63, 3.8) is 0 Å². The molecule has 5 nitrogen and oxygen atoms in total. The molecular weight excluding hydrogens is 385 g/mol. The van der Waals surface area contributed by atoms with Gasteiger partial charge in [0.05, 0.1) is 11.9 Å². The van der Waals surface area contributed by atoms with Crippen LogP contribution in [0.15, 0.2) is 48.5 Å². The minimum Gasteiger partial charge on any atom is -0.545 e. The minimum atomic E-state index is -1.29. The monoisotopic (exact) mass is 407 g/mol. The molecule has 142 valence electrons. The molecule has 0 heterocycles. The third kappa shape index (κ3) is 7.80. The van der Waals surface area contributed by atoms with E-state index in [4.69, 9.17) is 0 Å². The summed E-state index contributed by atoms with van der Waals surface area (Å²) in [7, 11) is 0. The SMILES string of the molecule is CCC(=O)SCC(Cc1ccccc1)C(=O)Nc1cc(C)cc(C(=O)[O-])c1.[Na+]. The van der Waals surface area contributed by atoms with E-state index in [-0.39, 0.29) is 46.1 Å². The number of carboxylic acids is 1. The van der Waals surface area contributed by atoms with Crippen LogP contribution in [-0.4, -0.2) is 22.7 Å². The van der Waals surface area contributed by atoms with Gasteiger partial charge >= 0.3 is 29.6 Å². The van der Waals surface area contributed by atoms with Crippen molar-refractivity contribution in [2.45, 2.75) is 26.7 Å². The number of benzene rings is 2. The number of aromatic carboxylic acids is 1. The van der Waals surface area contributed by atoms with Crippen molar-refractivity contribution in [2.24, 2.45) is 5.92 Å². The van der Waals surface area contributed by atoms with Crippen molar-refractivity contribution in [2.75, 3.05) is 11.1 Å². The number of hydrogen-bond donors (Lipinski definition) is 1. The Kier molecular flexibility index (Phi) is 10.5. The molecule has 1 amide bonds. The van der Waals surface area contributed by atoms with E-state index in [0.717, 1.165) is 17.3 Å². The van der Waals surface area contributed by atoms with E-state index in [1.54, 1.807) is 19.9 Å². The van der Waals surface area contributed by atoms with E-state index in [1.807, 2.05) is 30.3 Å². The van der Waals surface area contributed by atoms with E-state index >= 15 is 0 Å². The first-order valence-electron chi connectivity index (χ1n) is 8.72. The molecule has 7 heteroatoms. The van der Waals surface area contributed by atoms with Gasteiger partial charge in [0.15, 0.2) is 5.12 Å². The van der Waals surface area contributed by atoms with Gasteiger partial charge in [-0.3, -0.25) is 9.59 Å². The van der Waals surface area contributed by atoms with Gasteiger partial charge in [-0.25, -0.2) is 0 Å². The average Bonchev–Trinajstić information content (AvgIpc) is 2.64. The van der Waals surface area contributed by atoms with Crippen molar-refractivity contribution in [3.8, 4) is 0 Å². The average molecular weight is 407 g/mol. The summed E-state index contributed by atoms with van der Waals surface area (Å²) in [6.07, 6.45) is 0.910. The van der Waals surface area contributed by atoms with Crippen LogP contribution in [0.2, 0.25) is 0 Å². The third-order valence-electron chi connectivity index (χ3n) is 4.01. The van der Waals surface area contributed by atoms with E-state index in [2.05, 4.69) is 5.32 Å². The Morgan fingerprint density at radius 2 is 1.79 bits per heavy atom. The van der Waals surface area contributed by atoms with Crippen molar-refractivity contribution >= 4 is 34.4 Å². The molecule has 0 bridgehead atoms. The molecule has 0 saturated carbocycles. The number of amides is 1. The molecule has 1 unspecified atom stereocenters. The predicted octanol–water partition coefficient (Wildman–Crippen LogP) is -0.170. The number of thioether (sulfide) groups is 1. The molecule has 2 rings (SSSR count). The molecule has 0 saturated heterocycles. The summed E-state index contributed by atoms with van der Waals surface area (Å²) in [5.74, 6) is -1.59. The molecule has 1 N–H and O–H groups in total. The number of carbonyl (C=O) groups excluding carboxylic acids is 3. The second kappa shape index (κ2) is 12.1. The Bertz CT molecular complexity index is 826. The largest absolute Gasteiger partial charge is 1.00 e. The normalized spacial score (nSPS) is 11.2. The summed E-state index contributed by atoms with van der Waals surface area (Å²) in [5, 5.41) is 13.9. The van der Waals surface area contributed by atoms with Crippen LogP contribution in [-0.2, 0) is 16.0 Å². The van der Waals surface area contributed by atoms with Gasteiger partial charge in [0.25, 0.3) is 0 Å². The molecule has 0 fully saturated rings. The first-order chi connectivity index (χ1) is 12.9. The summed E-state index contributed by atoms with van der Waals surface area (Å²) in [4.78, 5) is 35.6. The number of carboxylic acid groups (broad SMARTS) is 1. The number of carbonyl (C=O) groups is 3. The maximum atomic E-state index is 12.8. The van der Waals surface area contributed by atoms with Crippen LogP contribution in [0.3, 0.4) is 0 Å². The fraction of sp³-hybridized carbons (Fsp3) is 0.286. The quantitative estimate of drug-likeness (QED) is 0.614. The molecule has 0 aromatic heterocycles. The number of anilines is 1. The zero-order valence-corrected chi connectivity index (χ0v) is 19.2. The number of aryl methyl sites for hydroxylation is 1. The van der Waals surface area contributed by atoms with Crippen LogP contribution in [0.1, 0.15) is 34.8 Å². The van der Waals surface area contributed by atoms with Gasteiger partial charge in [-0.05, 0) is 42.2 Å². The topological polar surface area (TPSA) is 86.3 Å². The van der Waals surface area contributed by atoms with Crippen LogP contribution < -0.4 is 40.0 Å². The number of rotatable bonds is 8. The van der Waals surface area contributed by atoms with Gasteiger partial charge in [0, 0.05) is 17.9 Å². The fourth-order valence-electron chi connectivity index (χ4n) is 2.64. The van der Waals surface area contributed by atoms with Gasteiger partial charge in [-0.15, -0.1) is 0 Å². The van der Waals surface area contributed by atoms with Crippen LogP contribution in [0, 0.1) is 12.8 Å². The van der Waals surface area contributed by atoms with Gasteiger partial charge in [0.2, 0.25) is 5.91 Å². The van der Waals surface area contributed by atoms with Crippen molar-refractivity contribution in [1.82, 2.24) is 0 Å². The zero-order chi connectivity index (χ0) is 19.8. The Labute approximate surface area is 191 Å². The Balaban J connectivity index is 0.00000392. The van der Waals surface area contributed by atoms with Crippen molar-refractivity contribution < 1.29 is 49.0 Å².